The van der Waals surface area contributed by atoms with Crippen molar-refractivity contribution < 1.29 is 9.26 Å². The maximum atomic E-state index is 5.30. The Labute approximate surface area is 83.0 Å². The quantitative estimate of drug-likeness (QED) is 0.785. The summed E-state index contributed by atoms with van der Waals surface area (Å²) < 4.78 is 10.4. The van der Waals surface area contributed by atoms with E-state index in [2.05, 4.69) is 10.5 Å². The second-order valence-electron chi connectivity index (χ2n) is 2.75. The molecule has 5 heteroatoms. The number of halogens is 1. The lowest BCUT2D eigenvalue weighted by atomic mass is 10.1. The van der Waals surface area contributed by atoms with Crippen LogP contribution in [-0.4, -0.2) is 18.3 Å². The average Bonchev–Trinajstić information content (AvgIpc) is 2.50. The fourth-order valence-electron chi connectivity index (χ4n) is 1.36. The molecule has 0 bridgehead atoms. The average molecular weight is 205 g/mol. The van der Waals surface area contributed by atoms with Gasteiger partial charge in [-0.25, -0.2) is 0 Å². The molecule has 0 fully saturated rings. The highest BCUT2D eigenvalue weighted by Gasteiger charge is 2.19. The minimum Gasteiger partial charge on any atom is -0.476 e. The summed E-state index contributed by atoms with van der Waals surface area (Å²) in [5.41, 5.74) is 1.09. The van der Waals surface area contributed by atoms with Gasteiger partial charge in [0.15, 0.2) is 0 Å². The number of fused-ring (bicyclic) bond motifs is 1. The van der Waals surface area contributed by atoms with Gasteiger partial charge in [0.1, 0.15) is 5.76 Å². The molecular weight excluding hydrogens is 192 g/mol. The van der Waals surface area contributed by atoms with Crippen molar-refractivity contribution in [3.05, 3.63) is 11.3 Å². The molecule has 74 valence electrons. The van der Waals surface area contributed by atoms with E-state index in [0.29, 0.717) is 12.5 Å². The van der Waals surface area contributed by atoms with Crippen molar-refractivity contribution in [3.8, 4) is 5.88 Å². The summed E-state index contributed by atoms with van der Waals surface area (Å²) >= 11 is 0. The largest absolute Gasteiger partial charge is 0.476 e. The monoisotopic (exact) mass is 204 g/mol. The van der Waals surface area contributed by atoms with Gasteiger partial charge in [0.05, 0.1) is 12.2 Å². The minimum atomic E-state index is 0. The van der Waals surface area contributed by atoms with Crippen LogP contribution < -0.4 is 10.1 Å². The van der Waals surface area contributed by atoms with Gasteiger partial charge in [-0.15, -0.1) is 12.4 Å². The molecule has 0 amide bonds. The Morgan fingerprint density at radius 1 is 1.62 bits per heavy atom. The van der Waals surface area contributed by atoms with Crippen LogP contribution in [0.2, 0.25) is 0 Å². The van der Waals surface area contributed by atoms with Crippen molar-refractivity contribution in [1.29, 1.82) is 0 Å². The first-order chi connectivity index (χ1) is 5.92. The van der Waals surface area contributed by atoms with Crippen LogP contribution in [-0.2, 0) is 13.0 Å². The molecule has 0 unspecified atom stereocenters. The van der Waals surface area contributed by atoms with Crippen LogP contribution in [0.5, 0.6) is 5.88 Å². The summed E-state index contributed by atoms with van der Waals surface area (Å²) in [4.78, 5) is 0. The second kappa shape index (κ2) is 4.48. The van der Waals surface area contributed by atoms with Crippen LogP contribution in [0.25, 0.3) is 0 Å². The molecule has 0 saturated heterocycles. The topological polar surface area (TPSA) is 47.3 Å². The lowest BCUT2D eigenvalue weighted by Crippen LogP contribution is -2.22. The third-order valence-corrected chi connectivity index (χ3v) is 1.95. The highest BCUT2D eigenvalue weighted by molar-refractivity contribution is 5.85. The van der Waals surface area contributed by atoms with Crippen molar-refractivity contribution in [2.24, 2.45) is 0 Å². The molecule has 0 aromatic carbocycles. The Hall–Kier alpha value is -0.740. The van der Waals surface area contributed by atoms with E-state index in [1.807, 2.05) is 6.92 Å². The van der Waals surface area contributed by atoms with Crippen LogP contribution in [0.15, 0.2) is 4.52 Å². The number of aromatic nitrogens is 1. The van der Waals surface area contributed by atoms with Crippen LogP contribution in [0.1, 0.15) is 18.2 Å². The number of rotatable bonds is 2. The van der Waals surface area contributed by atoms with Gasteiger partial charge >= 0.3 is 0 Å². The third-order valence-electron chi connectivity index (χ3n) is 1.95. The molecule has 4 nitrogen and oxygen atoms in total. The number of hydrogen-bond acceptors (Lipinski definition) is 4. The molecule has 1 N–H and O–H groups in total. The van der Waals surface area contributed by atoms with E-state index in [0.717, 1.165) is 30.8 Å². The van der Waals surface area contributed by atoms with Gasteiger partial charge in [-0.3, -0.25) is 0 Å². The highest BCUT2D eigenvalue weighted by atomic mass is 35.5. The summed E-state index contributed by atoms with van der Waals surface area (Å²) in [6.45, 7) is 4.36. The van der Waals surface area contributed by atoms with Gasteiger partial charge in [-0.05, 0) is 12.1 Å². The van der Waals surface area contributed by atoms with Gasteiger partial charge in [0.2, 0.25) is 0 Å². The van der Waals surface area contributed by atoms with E-state index in [4.69, 9.17) is 9.26 Å². The minimum absolute atomic E-state index is 0. The van der Waals surface area contributed by atoms with E-state index in [1.165, 1.54) is 0 Å². The molecule has 2 rings (SSSR count). The standard InChI is InChI=1S/C8H12N2O2.ClH/c1-2-11-8-6-5-9-4-3-7(6)12-10-8;/h9H,2-5H2,1H3;1H. The second-order valence-corrected chi connectivity index (χ2v) is 2.75. The molecule has 1 aromatic heterocycles. The smallest absolute Gasteiger partial charge is 0.258 e. The summed E-state index contributed by atoms with van der Waals surface area (Å²) in [5, 5.41) is 7.10. The Balaban J connectivity index is 0.000000845. The van der Waals surface area contributed by atoms with Crippen molar-refractivity contribution in [3.63, 3.8) is 0 Å². The zero-order valence-corrected chi connectivity index (χ0v) is 8.32. The number of hydrogen-bond donors (Lipinski definition) is 1. The Bertz CT molecular complexity index is 275. The van der Waals surface area contributed by atoms with Crippen LogP contribution in [0.4, 0.5) is 0 Å². The zero-order valence-electron chi connectivity index (χ0n) is 7.50. The van der Waals surface area contributed by atoms with Gasteiger partial charge in [-0.1, -0.05) is 0 Å². The fraction of sp³-hybridized carbons (Fsp3) is 0.625. The molecule has 0 radical (unpaired) electrons. The van der Waals surface area contributed by atoms with E-state index in [-0.39, 0.29) is 12.4 Å². The van der Waals surface area contributed by atoms with Crippen molar-refractivity contribution in [2.75, 3.05) is 13.2 Å². The molecule has 1 aliphatic rings. The van der Waals surface area contributed by atoms with Crippen LogP contribution in [0, 0.1) is 0 Å². The molecule has 0 aliphatic carbocycles. The first kappa shape index (κ1) is 10.3. The molecule has 2 heterocycles. The van der Waals surface area contributed by atoms with Gasteiger partial charge in [-0.2, -0.15) is 0 Å². The summed E-state index contributed by atoms with van der Waals surface area (Å²) in [7, 11) is 0. The normalized spacial score (nSPS) is 14.5. The summed E-state index contributed by atoms with van der Waals surface area (Å²) in [6, 6.07) is 0. The first-order valence-electron chi connectivity index (χ1n) is 4.22. The summed E-state index contributed by atoms with van der Waals surface area (Å²) in [5.74, 6) is 1.62. The SMILES string of the molecule is CCOc1noc2c1CNCC2.Cl. The molecular formula is C8H13ClN2O2. The van der Waals surface area contributed by atoms with Gasteiger partial charge in [0, 0.05) is 19.5 Å². The van der Waals surface area contributed by atoms with Gasteiger partial charge < -0.3 is 14.6 Å². The van der Waals surface area contributed by atoms with E-state index in [1.54, 1.807) is 0 Å². The third kappa shape index (κ3) is 1.95. The zero-order chi connectivity index (χ0) is 8.39. The molecule has 13 heavy (non-hydrogen) atoms. The maximum Gasteiger partial charge on any atom is 0.258 e. The van der Waals surface area contributed by atoms with Gasteiger partial charge in [0.25, 0.3) is 5.88 Å². The predicted octanol–water partition coefficient (Wildman–Crippen LogP) is 1.14. The van der Waals surface area contributed by atoms with Crippen molar-refractivity contribution in [2.45, 2.75) is 19.9 Å². The summed E-state index contributed by atoms with van der Waals surface area (Å²) in [6.07, 6.45) is 0.912. The number of nitrogens with one attached hydrogen (secondary N) is 1. The van der Waals surface area contributed by atoms with Crippen LogP contribution in [0.3, 0.4) is 0 Å². The molecule has 0 atom stereocenters. The maximum absolute atomic E-state index is 5.30. The fourth-order valence-corrected chi connectivity index (χ4v) is 1.36. The molecule has 0 saturated carbocycles. The first-order valence-corrected chi connectivity index (χ1v) is 4.22. The lowest BCUT2D eigenvalue weighted by Gasteiger charge is -2.10. The van der Waals surface area contributed by atoms with Crippen LogP contribution >= 0.6 is 12.4 Å². The van der Waals surface area contributed by atoms with E-state index >= 15 is 0 Å². The number of ether oxygens (including phenoxy) is 1. The Morgan fingerprint density at radius 2 is 2.46 bits per heavy atom. The molecule has 1 aliphatic heterocycles. The predicted molar refractivity (Wildman–Crippen MR) is 50.3 cm³/mol. The van der Waals surface area contributed by atoms with E-state index < -0.39 is 0 Å². The van der Waals surface area contributed by atoms with Crippen molar-refractivity contribution >= 4 is 12.4 Å². The van der Waals surface area contributed by atoms with E-state index in [9.17, 15) is 0 Å². The Morgan fingerprint density at radius 3 is 3.23 bits per heavy atom. The molecule has 0 spiro atoms. The lowest BCUT2D eigenvalue weighted by molar-refractivity contribution is 0.289. The Kier molecular flexibility index (Phi) is 3.57. The molecule has 1 aromatic rings. The number of nitrogens with zero attached hydrogens (tertiary/aromatic N) is 1. The van der Waals surface area contributed by atoms with Crippen molar-refractivity contribution in [1.82, 2.24) is 10.5 Å². The highest BCUT2D eigenvalue weighted by Crippen LogP contribution is 2.23.